The second kappa shape index (κ2) is 7.20. The van der Waals surface area contributed by atoms with Crippen LogP contribution in [0.2, 0.25) is 0 Å². The number of rotatable bonds is 4. The summed E-state index contributed by atoms with van der Waals surface area (Å²) in [6.45, 7) is 2.92. The first-order chi connectivity index (χ1) is 11.7. The first-order valence-electron chi connectivity index (χ1n) is 9.20. The number of hydrogen-bond donors (Lipinski definition) is 0. The average molecular weight is 360 g/mol. The van der Waals surface area contributed by atoms with Gasteiger partial charge in [0.2, 0.25) is 0 Å². The molecule has 134 valence electrons. The minimum Gasteiger partial charge on any atom is -0.330 e. The van der Waals surface area contributed by atoms with E-state index in [0.29, 0.717) is 11.4 Å². The van der Waals surface area contributed by atoms with Gasteiger partial charge in [-0.15, -0.1) is 12.4 Å². The number of hydrogen-bond acceptors (Lipinski definition) is 2. The van der Waals surface area contributed by atoms with Crippen LogP contribution in [0.3, 0.4) is 0 Å². The Balaban J connectivity index is 0.00000182. The molecule has 1 saturated carbocycles. The summed E-state index contributed by atoms with van der Waals surface area (Å²) in [6.07, 6.45) is 7.02. The fourth-order valence-corrected chi connectivity index (χ4v) is 4.21. The van der Waals surface area contributed by atoms with Crippen LogP contribution in [0.1, 0.15) is 57.2 Å². The van der Waals surface area contributed by atoms with E-state index in [-0.39, 0.29) is 18.0 Å². The average Bonchev–Trinajstić information content (AvgIpc) is 3.23. The van der Waals surface area contributed by atoms with Crippen molar-refractivity contribution >= 4 is 34.3 Å². The molecule has 1 aliphatic rings. The van der Waals surface area contributed by atoms with Gasteiger partial charge in [0, 0.05) is 24.9 Å². The second-order valence-corrected chi connectivity index (χ2v) is 7.04. The van der Waals surface area contributed by atoms with E-state index in [9.17, 15) is 4.79 Å². The molecule has 0 aliphatic heterocycles. The Kier molecular flexibility index (Phi) is 5.19. The number of pyridine rings is 1. The summed E-state index contributed by atoms with van der Waals surface area (Å²) < 4.78 is 4.10. The minimum absolute atomic E-state index is 0. The van der Waals surface area contributed by atoms with Crippen LogP contribution in [-0.4, -0.2) is 14.1 Å². The Bertz CT molecular complexity index is 951. The third-order valence-electron chi connectivity index (χ3n) is 5.48. The fourth-order valence-electron chi connectivity index (χ4n) is 4.21. The van der Waals surface area contributed by atoms with Crippen LogP contribution in [0.25, 0.3) is 21.9 Å². The molecule has 0 bridgehead atoms. The molecule has 5 heteroatoms. The highest BCUT2D eigenvalue weighted by molar-refractivity contribution is 6.02. The first kappa shape index (κ1) is 18.0. The highest BCUT2D eigenvalue weighted by Crippen LogP contribution is 2.35. The summed E-state index contributed by atoms with van der Waals surface area (Å²) in [7, 11) is 2.07. The Labute approximate surface area is 154 Å². The normalized spacial score (nSPS) is 15.1. The van der Waals surface area contributed by atoms with Gasteiger partial charge in [0.15, 0.2) is 5.52 Å². The molecule has 2 aromatic heterocycles. The Hall–Kier alpha value is -1.81. The van der Waals surface area contributed by atoms with Crippen molar-refractivity contribution in [2.75, 3.05) is 0 Å². The molecule has 2 heterocycles. The molecule has 0 unspecified atom stereocenters. The van der Waals surface area contributed by atoms with E-state index >= 15 is 0 Å². The van der Waals surface area contributed by atoms with Gasteiger partial charge in [0.25, 0.3) is 5.56 Å². The van der Waals surface area contributed by atoms with Gasteiger partial charge in [-0.05, 0) is 25.3 Å². The number of para-hydroxylation sites is 1. The zero-order chi connectivity index (χ0) is 16.7. The number of imidazole rings is 1. The summed E-state index contributed by atoms with van der Waals surface area (Å²) in [5, 5.41) is 1.14. The molecular formula is C20H26ClN3O. The maximum absolute atomic E-state index is 13.1. The number of aryl methyl sites for hydroxylation is 2. The Morgan fingerprint density at radius 2 is 1.92 bits per heavy atom. The molecule has 0 amide bonds. The van der Waals surface area contributed by atoms with E-state index in [1.165, 1.54) is 25.7 Å². The van der Waals surface area contributed by atoms with Crippen LogP contribution in [0, 0.1) is 0 Å². The van der Waals surface area contributed by atoms with Gasteiger partial charge in [-0.25, -0.2) is 4.98 Å². The molecule has 0 saturated heterocycles. The Morgan fingerprint density at radius 1 is 1.20 bits per heavy atom. The number of halogens is 1. The van der Waals surface area contributed by atoms with Crippen molar-refractivity contribution < 1.29 is 0 Å². The molecule has 3 aromatic rings. The van der Waals surface area contributed by atoms with E-state index in [0.717, 1.165) is 41.6 Å². The summed E-state index contributed by atoms with van der Waals surface area (Å²) in [5.41, 5.74) is 2.75. The molecule has 0 atom stereocenters. The van der Waals surface area contributed by atoms with Crippen molar-refractivity contribution in [3.05, 3.63) is 40.4 Å². The zero-order valence-electron chi connectivity index (χ0n) is 15.0. The summed E-state index contributed by atoms with van der Waals surface area (Å²) in [5.74, 6) is 1.60. The molecule has 1 aromatic carbocycles. The van der Waals surface area contributed by atoms with E-state index in [1.54, 1.807) is 0 Å². The van der Waals surface area contributed by atoms with Crippen molar-refractivity contribution in [2.24, 2.45) is 7.05 Å². The third kappa shape index (κ3) is 2.86. The zero-order valence-corrected chi connectivity index (χ0v) is 15.8. The number of benzene rings is 1. The quantitative estimate of drug-likeness (QED) is 0.673. The molecule has 1 fully saturated rings. The predicted molar refractivity (Wildman–Crippen MR) is 106 cm³/mol. The lowest BCUT2D eigenvalue weighted by Gasteiger charge is -2.12. The molecule has 4 rings (SSSR count). The molecule has 0 N–H and O–H groups in total. The molecule has 4 nitrogen and oxygen atoms in total. The highest BCUT2D eigenvalue weighted by atomic mass is 35.5. The van der Waals surface area contributed by atoms with E-state index in [2.05, 4.69) is 36.7 Å². The molecule has 1 aliphatic carbocycles. The smallest absolute Gasteiger partial charge is 0.279 e. The van der Waals surface area contributed by atoms with Crippen LogP contribution in [-0.2, 0) is 13.6 Å². The highest BCUT2D eigenvalue weighted by Gasteiger charge is 2.25. The number of nitrogens with zero attached hydrogens (tertiary/aromatic N) is 3. The standard InChI is InChI=1S/C20H25N3O.ClH/c1-3-4-13-23-16-12-8-7-11-15(16)18-17(20(23)24)21-19(22(18)2)14-9-5-6-10-14;/h7-8,11-12,14H,3-6,9-10,13H2,1-2H3;1H. The van der Waals surface area contributed by atoms with Crippen molar-refractivity contribution in [3.63, 3.8) is 0 Å². The fraction of sp³-hybridized carbons (Fsp3) is 0.500. The van der Waals surface area contributed by atoms with Gasteiger partial charge >= 0.3 is 0 Å². The van der Waals surface area contributed by atoms with Crippen molar-refractivity contribution in [2.45, 2.75) is 57.9 Å². The van der Waals surface area contributed by atoms with Gasteiger partial charge < -0.3 is 9.13 Å². The lowest BCUT2D eigenvalue weighted by atomic mass is 10.1. The summed E-state index contributed by atoms with van der Waals surface area (Å²) >= 11 is 0. The van der Waals surface area contributed by atoms with Crippen LogP contribution >= 0.6 is 12.4 Å². The Morgan fingerprint density at radius 3 is 2.64 bits per heavy atom. The third-order valence-corrected chi connectivity index (χ3v) is 5.48. The maximum Gasteiger partial charge on any atom is 0.279 e. The van der Waals surface area contributed by atoms with E-state index in [4.69, 9.17) is 4.98 Å². The second-order valence-electron chi connectivity index (χ2n) is 7.04. The van der Waals surface area contributed by atoms with Gasteiger partial charge in [-0.2, -0.15) is 0 Å². The topological polar surface area (TPSA) is 39.8 Å². The van der Waals surface area contributed by atoms with Crippen molar-refractivity contribution in [1.29, 1.82) is 0 Å². The maximum atomic E-state index is 13.1. The van der Waals surface area contributed by atoms with Gasteiger partial charge in [0.05, 0.1) is 11.0 Å². The lowest BCUT2D eigenvalue weighted by molar-refractivity contribution is 0.633. The summed E-state index contributed by atoms with van der Waals surface area (Å²) in [4.78, 5) is 18.0. The largest absolute Gasteiger partial charge is 0.330 e. The first-order valence-corrected chi connectivity index (χ1v) is 9.20. The van der Waals surface area contributed by atoms with Crippen LogP contribution < -0.4 is 5.56 Å². The van der Waals surface area contributed by atoms with Crippen LogP contribution in [0.4, 0.5) is 0 Å². The van der Waals surface area contributed by atoms with Crippen molar-refractivity contribution in [1.82, 2.24) is 14.1 Å². The van der Waals surface area contributed by atoms with Gasteiger partial charge in [0.1, 0.15) is 5.82 Å². The van der Waals surface area contributed by atoms with E-state index in [1.807, 2.05) is 10.6 Å². The number of unbranched alkanes of at least 4 members (excludes halogenated alkanes) is 1. The van der Waals surface area contributed by atoms with E-state index < -0.39 is 0 Å². The van der Waals surface area contributed by atoms with Crippen LogP contribution in [0.15, 0.2) is 29.1 Å². The minimum atomic E-state index is 0. The van der Waals surface area contributed by atoms with Gasteiger partial charge in [-0.1, -0.05) is 44.4 Å². The molecule has 25 heavy (non-hydrogen) atoms. The predicted octanol–water partition coefficient (Wildman–Crippen LogP) is 4.77. The SMILES string of the molecule is CCCCn1c(=O)c2nc(C3CCCC3)n(C)c2c2ccccc21.Cl. The number of aromatic nitrogens is 3. The molecule has 0 radical (unpaired) electrons. The molecule has 0 spiro atoms. The molecular weight excluding hydrogens is 334 g/mol. The van der Waals surface area contributed by atoms with Gasteiger partial charge in [-0.3, -0.25) is 4.79 Å². The summed E-state index contributed by atoms with van der Waals surface area (Å²) in [6, 6.07) is 8.26. The monoisotopic (exact) mass is 359 g/mol. The number of fused-ring (bicyclic) bond motifs is 3. The van der Waals surface area contributed by atoms with Crippen molar-refractivity contribution in [3.8, 4) is 0 Å². The van der Waals surface area contributed by atoms with Crippen LogP contribution in [0.5, 0.6) is 0 Å². The lowest BCUT2D eigenvalue weighted by Crippen LogP contribution is -2.21.